The molecule has 0 spiro atoms. The third-order valence-electron chi connectivity index (χ3n) is 4.35. The van der Waals surface area contributed by atoms with Crippen LogP contribution in [0.5, 0.6) is 0 Å². The van der Waals surface area contributed by atoms with Gasteiger partial charge in [-0.15, -0.1) is 0 Å². The van der Waals surface area contributed by atoms with Crippen LogP contribution in [-0.4, -0.2) is 35.3 Å². The van der Waals surface area contributed by atoms with Gasteiger partial charge in [-0.05, 0) is 55.7 Å². The van der Waals surface area contributed by atoms with Gasteiger partial charge in [0.25, 0.3) is 0 Å². The lowest BCUT2D eigenvalue weighted by Gasteiger charge is -2.32. The van der Waals surface area contributed by atoms with Gasteiger partial charge in [0.2, 0.25) is 0 Å². The predicted molar refractivity (Wildman–Crippen MR) is 108 cm³/mol. The average Bonchev–Trinajstić information content (AvgIpc) is 2.64. The summed E-state index contributed by atoms with van der Waals surface area (Å²) in [6.07, 6.45) is 2.77. The molecule has 1 heterocycles. The number of ether oxygens (including phenoxy) is 1. The molecule has 1 atom stereocenters. The molecule has 2 rings (SSSR count). The SMILES string of the molecule is CCc1cccc(C)c1NC(=S)N(CCOC)[C@@H](C)c1ccccn1. The zero-order chi connectivity index (χ0) is 18.2. The van der Waals surface area contributed by atoms with Gasteiger partial charge in [0.1, 0.15) is 0 Å². The third-order valence-corrected chi connectivity index (χ3v) is 4.69. The number of nitrogens with one attached hydrogen (secondary N) is 1. The summed E-state index contributed by atoms with van der Waals surface area (Å²) in [5.74, 6) is 0. The Bertz CT molecular complexity index is 691. The van der Waals surface area contributed by atoms with Crippen molar-refractivity contribution in [3.8, 4) is 0 Å². The van der Waals surface area contributed by atoms with Crippen LogP contribution >= 0.6 is 12.2 Å². The quantitative estimate of drug-likeness (QED) is 0.745. The second kappa shape index (κ2) is 9.49. The molecule has 1 aromatic heterocycles. The van der Waals surface area contributed by atoms with E-state index in [-0.39, 0.29) is 6.04 Å². The van der Waals surface area contributed by atoms with E-state index in [0.717, 1.165) is 17.8 Å². The van der Waals surface area contributed by atoms with Crippen molar-refractivity contribution in [2.45, 2.75) is 33.2 Å². The number of para-hydroxylation sites is 1. The lowest BCUT2D eigenvalue weighted by molar-refractivity contribution is 0.164. The zero-order valence-corrected chi connectivity index (χ0v) is 16.3. The number of thiocarbonyl (C=S) groups is 1. The molecule has 0 unspecified atom stereocenters. The molecule has 5 heteroatoms. The number of hydrogen-bond acceptors (Lipinski definition) is 3. The molecule has 0 bridgehead atoms. The molecule has 1 aromatic carbocycles. The minimum Gasteiger partial charge on any atom is -0.383 e. The Morgan fingerprint density at radius 3 is 2.72 bits per heavy atom. The van der Waals surface area contributed by atoms with Crippen molar-refractivity contribution in [3.63, 3.8) is 0 Å². The highest BCUT2D eigenvalue weighted by Crippen LogP contribution is 2.24. The molecule has 0 amide bonds. The van der Waals surface area contributed by atoms with E-state index in [1.165, 1.54) is 11.1 Å². The Kier molecular flexibility index (Phi) is 7.34. The fraction of sp³-hybridized carbons (Fsp3) is 0.400. The first-order valence-corrected chi connectivity index (χ1v) is 9.05. The van der Waals surface area contributed by atoms with Gasteiger partial charge in [0.15, 0.2) is 5.11 Å². The maximum Gasteiger partial charge on any atom is 0.174 e. The van der Waals surface area contributed by atoms with Gasteiger partial charge in [0.05, 0.1) is 18.3 Å². The summed E-state index contributed by atoms with van der Waals surface area (Å²) in [5.41, 5.74) is 4.55. The standard InChI is InChI=1S/C20H27N3OS/c1-5-17-10-8-9-15(2)19(17)22-20(25)23(13-14-24-4)16(3)18-11-6-7-12-21-18/h6-12,16H,5,13-14H2,1-4H3,(H,22,25)/t16-/m0/s1. The van der Waals surface area contributed by atoms with Gasteiger partial charge >= 0.3 is 0 Å². The number of aromatic nitrogens is 1. The van der Waals surface area contributed by atoms with E-state index < -0.39 is 0 Å². The molecular formula is C20H27N3OS. The van der Waals surface area contributed by atoms with Crippen LogP contribution in [0.3, 0.4) is 0 Å². The molecule has 0 radical (unpaired) electrons. The van der Waals surface area contributed by atoms with Crippen molar-refractivity contribution in [2.24, 2.45) is 0 Å². The number of aryl methyl sites for hydroxylation is 2. The van der Waals surface area contributed by atoms with E-state index in [2.05, 4.69) is 54.2 Å². The zero-order valence-electron chi connectivity index (χ0n) is 15.5. The minimum atomic E-state index is 0.0606. The number of anilines is 1. The maximum atomic E-state index is 5.75. The monoisotopic (exact) mass is 357 g/mol. The molecule has 1 N–H and O–H groups in total. The molecule has 0 aliphatic rings. The van der Waals surface area contributed by atoms with Crippen LogP contribution in [0.15, 0.2) is 42.6 Å². The molecular weight excluding hydrogens is 330 g/mol. The highest BCUT2D eigenvalue weighted by molar-refractivity contribution is 7.80. The van der Waals surface area contributed by atoms with E-state index in [4.69, 9.17) is 17.0 Å². The first-order chi connectivity index (χ1) is 12.1. The molecule has 134 valence electrons. The molecule has 0 fully saturated rings. The van der Waals surface area contributed by atoms with Crippen LogP contribution in [0.25, 0.3) is 0 Å². The smallest absolute Gasteiger partial charge is 0.174 e. The third kappa shape index (κ3) is 5.00. The normalized spacial score (nSPS) is 11.8. The van der Waals surface area contributed by atoms with Crippen molar-refractivity contribution in [2.75, 3.05) is 25.6 Å². The Labute approximate surface area is 156 Å². The summed E-state index contributed by atoms with van der Waals surface area (Å²) in [7, 11) is 1.70. The number of hydrogen-bond donors (Lipinski definition) is 1. The summed E-state index contributed by atoms with van der Waals surface area (Å²) in [6.45, 7) is 7.68. The number of rotatable bonds is 7. The maximum absolute atomic E-state index is 5.75. The highest BCUT2D eigenvalue weighted by Gasteiger charge is 2.20. The van der Waals surface area contributed by atoms with E-state index in [1.807, 2.05) is 24.4 Å². The van der Waals surface area contributed by atoms with Crippen LogP contribution in [0.1, 0.15) is 36.7 Å². The van der Waals surface area contributed by atoms with E-state index in [1.54, 1.807) is 7.11 Å². The second-order valence-corrected chi connectivity index (χ2v) is 6.40. The summed E-state index contributed by atoms with van der Waals surface area (Å²) in [4.78, 5) is 6.61. The Morgan fingerprint density at radius 2 is 2.08 bits per heavy atom. The topological polar surface area (TPSA) is 37.4 Å². The Hall–Kier alpha value is -1.98. The largest absolute Gasteiger partial charge is 0.383 e. The fourth-order valence-electron chi connectivity index (χ4n) is 2.82. The highest BCUT2D eigenvalue weighted by atomic mass is 32.1. The van der Waals surface area contributed by atoms with Crippen molar-refractivity contribution in [1.29, 1.82) is 0 Å². The van der Waals surface area contributed by atoms with Gasteiger partial charge in [-0.3, -0.25) is 4.98 Å². The summed E-state index contributed by atoms with van der Waals surface area (Å²) >= 11 is 5.75. The first kappa shape index (κ1) is 19.3. The van der Waals surface area contributed by atoms with Crippen LogP contribution in [0.2, 0.25) is 0 Å². The summed E-state index contributed by atoms with van der Waals surface area (Å²) in [6, 6.07) is 12.3. The minimum absolute atomic E-state index is 0.0606. The number of pyridine rings is 1. The molecule has 0 saturated carbocycles. The van der Waals surface area contributed by atoms with Gasteiger partial charge in [-0.1, -0.05) is 31.2 Å². The van der Waals surface area contributed by atoms with Crippen LogP contribution in [0.4, 0.5) is 5.69 Å². The predicted octanol–water partition coefficient (Wildman–Crippen LogP) is 4.36. The van der Waals surface area contributed by atoms with E-state index >= 15 is 0 Å². The lowest BCUT2D eigenvalue weighted by Crippen LogP contribution is -2.39. The molecule has 4 nitrogen and oxygen atoms in total. The van der Waals surface area contributed by atoms with Gasteiger partial charge in [0, 0.05) is 25.5 Å². The van der Waals surface area contributed by atoms with E-state index in [0.29, 0.717) is 18.3 Å². The number of methoxy groups -OCH3 is 1. The van der Waals surface area contributed by atoms with Crippen LogP contribution in [0, 0.1) is 6.92 Å². The average molecular weight is 358 g/mol. The fourth-order valence-corrected chi connectivity index (χ4v) is 3.18. The van der Waals surface area contributed by atoms with Crippen molar-refractivity contribution >= 4 is 23.0 Å². The summed E-state index contributed by atoms with van der Waals surface area (Å²) < 4.78 is 5.28. The second-order valence-electron chi connectivity index (χ2n) is 6.01. The van der Waals surface area contributed by atoms with E-state index in [9.17, 15) is 0 Å². The van der Waals surface area contributed by atoms with Gasteiger partial charge < -0.3 is 15.0 Å². The van der Waals surface area contributed by atoms with Crippen molar-refractivity contribution in [1.82, 2.24) is 9.88 Å². The molecule has 25 heavy (non-hydrogen) atoms. The molecule has 0 aliphatic carbocycles. The molecule has 2 aromatic rings. The Balaban J connectivity index is 2.24. The van der Waals surface area contributed by atoms with Crippen LogP contribution in [-0.2, 0) is 11.2 Å². The number of benzene rings is 1. The first-order valence-electron chi connectivity index (χ1n) is 8.64. The Morgan fingerprint density at radius 1 is 1.28 bits per heavy atom. The van der Waals surface area contributed by atoms with Gasteiger partial charge in [-0.2, -0.15) is 0 Å². The lowest BCUT2D eigenvalue weighted by atomic mass is 10.1. The number of nitrogens with zero attached hydrogens (tertiary/aromatic N) is 2. The van der Waals surface area contributed by atoms with Crippen LogP contribution < -0.4 is 5.32 Å². The van der Waals surface area contributed by atoms with Crippen molar-refractivity contribution in [3.05, 3.63) is 59.4 Å². The van der Waals surface area contributed by atoms with Crippen molar-refractivity contribution < 1.29 is 4.74 Å². The molecule has 0 aliphatic heterocycles. The molecule has 0 saturated heterocycles. The van der Waals surface area contributed by atoms with Gasteiger partial charge in [-0.25, -0.2) is 0 Å². The summed E-state index contributed by atoms with van der Waals surface area (Å²) in [5, 5.41) is 4.16.